The highest BCUT2D eigenvalue weighted by Crippen LogP contribution is 2.21. The molecule has 0 saturated heterocycles. The highest BCUT2D eigenvalue weighted by Gasteiger charge is 2.24. The predicted octanol–water partition coefficient (Wildman–Crippen LogP) is 2.84. The quantitative estimate of drug-likeness (QED) is 0.808. The zero-order valence-corrected chi connectivity index (χ0v) is 9.14. The standard InChI is InChI=1S/C10H9F3O2S/c1-8-4-2-3-5-9(8)16(14,15)7-6-10(11,12)13/h2-7H,1H3/b7-6+. The first kappa shape index (κ1) is 12.8. The second kappa shape index (κ2) is 4.29. The molecule has 0 aliphatic rings. The van der Waals surface area contributed by atoms with Gasteiger partial charge in [0.1, 0.15) is 0 Å². The van der Waals surface area contributed by atoms with E-state index in [0.29, 0.717) is 5.56 Å². The van der Waals surface area contributed by atoms with Crippen LogP contribution >= 0.6 is 0 Å². The Morgan fingerprint density at radius 2 is 1.75 bits per heavy atom. The first-order valence-corrected chi connectivity index (χ1v) is 5.84. The van der Waals surface area contributed by atoms with Crippen LogP contribution in [-0.4, -0.2) is 14.6 Å². The smallest absolute Gasteiger partial charge is 0.219 e. The molecule has 0 amide bonds. The van der Waals surface area contributed by atoms with Crippen LogP contribution in [0.25, 0.3) is 0 Å². The fraction of sp³-hybridized carbons (Fsp3) is 0.200. The summed E-state index contributed by atoms with van der Waals surface area (Å²) in [5, 5.41) is 0.176. The summed E-state index contributed by atoms with van der Waals surface area (Å²) in [6.07, 6.45) is -4.91. The number of halogens is 3. The average Bonchev–Trinajstić information content (AvgIpc) is 2.14. The van der Waals surface area contributed by atoms with Crippen molar-refractivity contribution >= 4 is 9.84 Å². The highest BCUT2D eigenvalue weighted by molar-refractivity contribution is 7.94. The Morgan fingerprint density at radius 1 is 1.19 bits per heavy atom. The lowest BCUT2D eigenvalue weighted by atomic mass is 10.2. The molecule has 0 heterocycles. The van der Waals surface area contributed by atoms with E-state index >= 15 is 0 Å². The van der Waals surface area contributed by atoms with Gasteiger partial charge in [0, 0.05) is 11.5 Å². The summed E-state index contributed by atoms with van der Waals surface area (Å²) in [6.45, 7) is 1.52. The van der Waals surface area contributed by atoms with Crippen molar-refractivity contribution in [3.63, 3.8) is 0 Å². The molecule has 0 aliphatic carbocycles. The lowest BCUT2D eigenvalue weighted by molar-refractivity contribution is -0.0797. The highest BCUT2D eigenvalue weighted by atomic mass is 32.2. The fourth-order valence-corrected chi connectivity index (χ4v) is 2.38. The summed E-state index contributed by atoms with van der Waals surface area (Å²) < 4.78 is 58.6. The number of hydrogen-bond acceptors (Lipinski definition) is 2. The molecule has 2 nitrogen and oxygen atoms in total. The van der Waals surface area contributed by atoms with Crippen LogP contribution in [0.5, 0.6) is 0 Å². The minimum atomic E-state index is -4.63. The minimum Gasteiger partial charge on any atom is -0.219 e. The van der Waals surface area contributed by atoms with E-state index in [9.17, 15) is 21.6 Å². The van der Waals surface area contributed by atoms with Crippen LogP contribution < -0.4 is 0 Å². The normalized spacial score (nSPS) is 13.2. The van der Waals surface area contributed by atoms with Crippen molar-refractivity contribution in [3.05, 3.63) is 41.3 Å². The van der Waals surface area contributed by atoms with Gasteiger partial charge in [0.15, 0.2) is 9.84 Å². The maximum absolute atomic E-state index is 11.9. The van der Waals surface area contributed by atoms with Crippen LogP contribution in [0.15, 0.2) is 40.6 Å². The van der Waals surface area contributed by atoms with E-state index in [1.54, 1.807) is 6.07 Å². The van der Waals surface area contributed by atoms with Gasteiger partial charge in [0.25, 0.3) is 0 Å². The first-order valence-electron chi connectivity index (χ1n) is 4.29. The van der Waals surface area contributed by atoms with Gasteiger partial charge in [-0.1, -0.05) is 18.2 Å². The first-order chi connectivity index (χ1) is 7.22. The van der Waals surface area contributed by atoms with Crippen molar-refractivity contribution in [3.8, 4) is 0 Å². The zero-order chi connectivity index (χ0) is 12.4. The third-order valence-corrected chi connectivity index (χ3v) is 3.40. The summed E-state index contributed by atoms with van der Waals surface area (Å²) in [4.78, 5) is -0.115. The van der Waals surface area contributed by atoms with Crippen molar-refractivity contribution in [1.82, 2.24) is 0 Å². The van der Waals surface area contributed by atoms with E-state index in [0.717, 1.165) is 0 Å². The minimum absolute atomic E-state index is 0.115. The van der Waals surface area contributed by atoms with E-state index < -0.39 is 16.0 Å². The molecule has 0 aliphatic heterocycles. The maximum Gasteiger partial charge on any atom is 0.410 e. The van der Waals surface area contributed by atoms with Crippen LogP contribution in [0, 0.1) is 6.92 Å². The molecule has 0 unspecified atom stereocenters. The molecule has 0 atom stereocenters. The fourth-order valence-electron chi connectivity index (χ4n) is 1.12. The number of aryl methyl sites for hydroxylation is 1. The van der Waals surface area contributed by atoms with Gasteiger partial charge >= 0.3 is 6.18 Å². The Morgan fingerprint density at radius 3 is 2.25 bits per heavy atom. The van der Waals surface area contributed by atoms with Gasteiger partial charge in [0.2, 0.25) is 0 Å². The number of alkyl halides is 3. The summed E-state index contributed by atoms with van der Waals surface area (Å²) in [5.41, 5.74) is 0.411. The van der Waals surface area contributed by atoms with Gasteiger partial charge in [0.05, 0.1) is 4.90 Å². The topological polar surface area (TPSA) is 34.1 Å². The Balaban J connectivity index is 3.15. The Hall–Kier alpha value is -1.30. The molecule has 88 valence electrons. The number of benzene rings is 1. The third-order valence-electron chi connectivity index (χ3n) is 1.84. The summed E-state index contributed by atoms with van der Waals surface area (Å²) in [7, 11) is -4.02. The van der Waals surface area contributed by atoms with E-state index in [1.807, 2.05) is 0 Å². The molecule has 0 radical (unpaired) electrons. The van der Waals surface area contributed by atoms with E-state index in [4.69, 9.17) is 0 Å². The average molecular weight is 250 g/mol. The SMILES string of the molecule is Cc1ccccc1S(=O)(=O)/C=C/C(F)(F)F. The lowest BCUT2D eigenvalue weighted by Gasteiger charge is -2.03. The molecule has 0 spiro atoms. The van der Waals surface area contributed by atoms with E-state index in [1.165, 1.54) is 25.1 Å². The Bertz CT molecular complexity index is 501. The summed E-state index contributed by atoms with van der Waals surface area (Å²) >= 11 is 0. The second-order valence-electron chi connectivity index (χ2n) is 3.15. The number of hydrogen-bond donors (Lipinski definition) is 0. The molecule has 0 aromatic heterocycles. The largest absolute Gasteiger partial charge is 0.410 e. The third kappa shape index (κ3) is 3.37. The predicted molar refractivity (Wildman–Crippen MR) is 53.6 cm³/mol. The van der Waals surface area contributed by atoms with Crippen LogP contribution in [0.2, 0.25) is 0 Å². The molecule has 16 heavy (non-hydrogen) atoms. The zero-order valence-electron chi connectivity index (χ0n) is 8.32. The summed E-state index contributed by atoms with van der Waals surface area (Å²) in [5.74, 6) is 0. The van der Waals surface area contributed by atoms with E-state index in [2.05, 4.69) is 0 Å². The monoisotopic (exact) mass is 250 g/mol. The van der Waals surface area contributed by atoms with Crippen molar-refractivity contribution < 1.29 is 21.6 Å². The van der Waals surface area contributed by atoms with Crippen molar-refractivity contribution in [1.29, 1.82) is 0 Å². The van der Waals surface area contributed by atoms with E-state index in [-0.39, 0.29) is 16.4 Å². The molecule has 1 aromatic carbocycles. The molecule has 1 rings (SSSR count). The van der Waals surface area contributed by atoms with Gasteiger partial charge in [-0.15, -0.1) is 0 Å². The summed E-state index contributed by atoms with van der Waals surface area (Å²) in [6, 6.07) is 5.86. The van der Waals surface area contributed by atoms with Gasteiger partial charge in [-0.2, -0.15) is 13.2 Å². The van der Waals surface area contributed by atoms with Crippen molar-refractivity contribution in [2.75, 3.05) is 0 Å². The number of allylic oxidation sites excluding steroid dienone is 1. The lowest BCUT2D eigenvalue weighted by Crippen LogP contribution is -2.05. The van der Waals surface area contributed by atoms with Gasteiger partial charge in [-0.05, 0) is 18.6 Å². The Labute approximate surface area is 91.3 Å². The number of rotatable bonds is 2. The van der Waals surface area contributed by atoms with Gasteiger partial charge < -0.3 is 0 Å². The molecular formula is C10H9F3O2S. The van der Waals surface area contributed by atoms with Crippen molar-refractivity contribution in [2.24, 2.45) is 0 Å². The van der Waals surface area contributed by atoms with Crippen LogP contribution in [0.1, 0.15) is 5.56 Å². The molecule has 6 heteroatoms. The molecular weight excluding hydrogens is 241 g/mol. The second-order valence-corrected chi connectivity index (χ2v) is 4.96. The Kier molecular flexibility index (Phi) is 3.42. The van der Waals surface area contributed by atoms with Crippen molar-refractivity contribution in [2.45, 2.75) is 18.0 Å². The molecule has 0 saturated carbocycles. The number of sulfone groups is 1. The maximum atomic E-state index is 11.9. The van der Waals surface area contributed by atoms with Crippen LogP contribution in [-0.2, 0) is 9.84 Å². The van der Waals surface area contributed by atoms with Gasteiger partial charge in [-0.3, -0.25) is 0 Å². The van der Waals surface area contributed by atoms with Crippen LogP contribution in [0.3, 0.4) is 0 Å². The van der Waals surface area contributed by atoms with Gasteiger partial charge in [-0.25, -0.2) is 8.42 Å². The van der Waals surface area contributed by atoms with Crippen LogP contribution in [0.4, 0.5) is 13.2 Å². The molecule has 0 fully saturated rings. The molecule has 0 bridgehead atoms. The molecule has 0 N–H and O–H groups in total. The molecule has 1 aromatic rings.